The van der Waals surface area contributed by atoms with Crippen molar-refractivity contribution in [2.24, 2.45) is 5.73 Å². The van der Waals surface area contributed by atoms with Gasteiger partial charge in [0.15, 0.2) is 0 Å². The van der Waals surface area contributed by atoms with Gasteiger partial charge in [0.05, 0.1) is 23.2 Å². The molecule has 0 aliphatic heterocycles. The van der Waals surface area contributed by atoms with E-state index >= 15 is 0 Å². The zero-order valence-electron chi connectivity index (χ0n) is 11.8. The Labute approximate surface area is 124 Å². The molecule has 0 aliphatic rings. The van der Waals surface area contributed by atoms with E-state index < -0.39 is 0 Å². The van der Waals surface area contributed by atoms with E-state index in [0.717, 1.165) is 24.2 Å². The van der Waals surface area contributed by atoms with Crippen molar-refractivity contribution in [1.29, 1.82) is 0 Å². The van der Waals surface area contributed by atoms with E-state index in [1.54, 1.807) is 0 Å². The molecular weight excluding hydrogens is 274 g/mol. The van der Waals surface area contributed by atoms with Crippen LogP contribution in [0.3, 0.4) is 0 Å². The minimum absolute atomic E-state index is 0.0347. The van der Waals surface area contributed by atoms with Gasteiger partial charge in [0, 0.05) is 12.6 Å². The number of nitrogens with two attached hydrogens (primary N) is 1. The highest BCUT2D eigenvalue weighted by Crippen LogP contribution is 2.28. The highest BCUT2D eigenvalue weighted by Gasteiger charge is 2.08. The highest BCUT2D eigenvalue weighted by atomic mass is 35.5. The number of aryl methyl sites for hydroxylation is 1. The van der Waals surface area contributed by atoms with Crippen molar-refractivity contribution in [3.05, 3.63) is 47.0 Å². The van der Waals surface area contributed by atoms with Gasteiger partial charge in [-0.3, -0.25) is 0 Å². The molecule has 1 heterocycles. The maximum absolute atomic E-state index is 6.21. The van der Waals surface area contributed by atoms with E-state index in [1.807, 2.05) is 37.6 Å². The Hall–Kier alpha value is -1.52. The van der Waals surface area contributed by atoms with E-state index in [-0.39, 0.29) is 6.04 Å². The van der Waals surface area contributed by atoms with Crippen LogP contribution in [0.15, 0.2) is 30.7 Å². The third kappa shape index (κ3) is 3.52. The molecule has 0 unspecified atom stereocenters. The van der Waals surface area contributed by atoms with Crippen LogP contribution in [-0.2, 0) is 13.2 Å². The molecule has 0 amide bonds. The van der Waals surface area contributed by atoms with E-state index in [4.69, 9.17) is 22.1 Å². The quantitative estimate of drug-likeness (QED) is 0.886. The Balaban J connectivity index is 2.05. The normalized spacial score (nSPS) is 12.4. The number of aromatic nitrogens is 2. The van der Waals surface area contributed by atoms with Gasteiger partial charge in [-0.1, -0.05) is 24.6 Å². The van der Waals surface area contributed by atoms with Crippen molar-refractivity contribution in [3.63, 3.8) is 0 Å². The summed E-state index contributed by atoms with van der Waals surface area (Å²) in [5.41, 5.74) is 7.87. The number of imidazole rings is 1. The lowest BCUT2D eigenvalue weighted by Crippen LogP contribution is -2.06. The molecule has 0 bridgehead atoms. The average molecular weight is 294 g/mol. The standard InChI is InChI=1S/C15H20ClN3O/c1-3-6-19-10-18-8-13(19)9-20-15-5-4-12(11(2)17)7-14(15)16/h4-5,7-8,10-11H,3,6,9,17H2,1-2H3/t11-/m0/s1. The summed E-state index contributed by atoms with van der Waals surface area (Å²) >= 11 is 6.21. The molecule has 2 N–H and O–H groups in total. The van der Waals surface area contributed by atoms with Gasteiger partial charge in [-0.25, -0.2) is 4.98 Å². The van der Waals surface area contributed by atoms with E-state index in [9.17, 15) is 0 Å². The minimum Gasteiger partial charge on any atom is -0.486 e. The number of benzene rings is 1. The van der Waals surface area contributed by atoms with Crippen LogP contribution in [0.2, 0.25) is 5.02 Å². The molecule has 0 aliphatic carbocycles. The van der Waals surface area contributed by atoms with Gasteiger partial charge < -0.3 is 15.0 Å². The molecule has 5 heteroatoms. The fourth-order valence-corrected chi connectivity index (χ4v) is 2.22. The van der Waals surface area contributed by atoms with Crippen LogP contribution in [-0.4, -0.2) is 9.55 Å². The molecule has 0 spiro atoms. The zero-order valence-corrected chi connectivity index (χ0v) is 12.6. The fourth-order valence-electron chi connectivity index (χ4n) is 1.98. The summed E-state index contributed by atoms with van der Waals surface area (Å²) in [6.07, 6.45) is 4.70. The van der Waals surface area contributed by atoms with Gasteiger partial charge in [-0.05, 0) is 31.0 Å². The van der Waals surface area contributed by atoms with Gasteiger partial charge in [0.2, 0.25) is 0 Å². The van der Waals surface area contributed by atoms with Crippen LogP contribution in [0, 0.1) is 0 Å². The van der Waals surface area contributed by atoms with Gasteiger partial charge in [-0.15, -0.1) is 0 Å². The van der Waals surface area contributed by atoms with Crippen LogP contribution in [0.5, 0.6) is 5.75 Å². The van der Waals surface area contributed by atoms with Gasteiger partial charge >= 0.3 is 0 Å². The van der Waals surface area contributed by atoms with Crippen molar-refractivity contribution < 1.29 is 4.74 Å². The lowest BCUT2D eigenvalue weighted by molar-refractivity contribution is 0.294. The monoisotopic (exact) mass is 293 g/mol. The Morgan fingerprint density at radius 3 is 2.90 bits per heavy atom. The topological polar surface area (TPSA) is 53.1 Å². The molecule has 0 saturated heterocycles. The molecular formula is C15H20ClN3O. The molecule has 108 valence electrons. The first-order valence-corrected chi connectivity index (χ1v) is 7.16. The van der Waals surface area contributed by atoms with Crippen molar-refractivity contribution in [2.45, 2.75) is 39.5 Å². The first-order chi connectivity index (χ1) is 9.61. The number of halogens is 1. The number of ether oxygens (including phenoxy) is 1. The third-order valence-corrected chi connectivity index (χ3v) is 3.42. The molecule has 1 atom stereocenters. The second kappa shape index (κ2) is 6.77. The lowest BCUT2D eigenvalue weighted by atomic mass is 10.1. The second-order valence-electron chi connectivity index (χ2n) is 4.85. The smallest absolute Gasteiger partial charge is 0.138 e. The highest BCUT2D eigenvalue weighted by molar-refractivity contribution is 6.32. The number of rotatable bonds is 6. The van der Waals surface area contributed by atoms with Crippen molar-refractivity contribution in [2.75, 3.05) is 0 Å². The van der Waals surface area contributed by atoms with Gasteiger partial charge in [-0.2, -0.15) is 0 Å². The zero-order chi connectivity index (χ0) is 14.5. The molecule has 4 nitrogen and oxygen atoms in total. The Morgan fingerprint density at radius 1 is 1.45 bits per heavy atom. The van der Waals surface area contributed by atoms with Crippen LogP contribution in [0.1, 0.15) is 37.6 Å². The largest absolute Gasteiger partial charge is 0.486 e. The Kier molecular flexibility index (Phi) is 5.04. The van der Waals surface area contributed by atoms with E-state index in [0.29, 0.717) is 17.4 Å². The molecule has 20 heavy (non-hydrogen) atoms. The van der Waals surface area contributed by atoms with Crippen LogP contribution < -0.4 is 10.5 Å². The number of nitrogens with zero attached hydrogens (tertiary/aromatic N) is 2. The minimum atomic E-state index is -0.0347. The van der Waals surface area contributed by atoms with Crippen LogP contribution >= 0.6 is 11.6 Å². The van der Waals surface area contributed by atoms with Gasteiger partial charge in [0.25, 0.3) is 0 Å². The van der Waals surface area contributed by atoms with Crippen molar-refractivity contribution in [3.8, 4) is 5.75 Å². The summed E-state index contributed by atoms with van der Waals surface area (Å²) in [4.78, 5) is 4.15. The third-order valence-electron chi connectivity index (χ3n) is 3.12. The average Bonchev–Trinajstić information content (AvgIpc) is 2.85. The molecule has 2 aromatic rings. The fraction of sp³-hybridized carbons (Fsp3) is 0.400. The van der Waals surface area contributed by atoms with E-state index in [2.05, 4.69) is 16.5 Å². The van der Waals surface area contributed by atoms with E-state index in [1.165, 1.54) is 0 Å². The summed E-state index contributed by atoms with van der Waals surface area (Å²) in [5.74, 6) is 0.667. The second-order valence-corrected chi connectivity index (χ2v) is 5.25. The summed E-state index contributed by atoms with van der Waals surface area (Å²) < 4.78 is 7.86. The molecule has 0 saturated carbocycles. The molecule has 1 aromatic carbocycles. The van der Waals surface area contributed by atoms with Crippen LogP contribution in [0.25, 0.3) is 0 Å². The molecule has 0 radical (unpaired) electrons. The predicted octanol–water partition coefficient (Wildman–Crippen LogP) is 3.55. The first kappa shape index (κ1) is 14.9. The first-order valence-electron chi connectivity index (χ1n) is 6.78. The maximum Gasteiger partial charge on any atom is 0.138 e. The molecule has 0 fully saturated rings. The van der Waals surface area contributed by atoms with Crippen molar-refractivity contribution >= 4 is 11.6 Å². The lowest BCUT2D eigenvalue weighted by Gasteiger charge is -2.12. The Bertz CT molecular complexity index is 566. The van der Waals surface area contributed by atoms with Gasteiger partial charge in [0.1, 0.15) is 12.4 Å². The molecule has 2 rings (SSSR count). The SMILES string of the molecule is CCCn1cncc1COc1ccc([C@H](C)N)cc1Cl. The number of hydrogen-bond acceptors (Lipinski definition) is 3. The van der Waals surface area contributed by atoms with Crippen molar-refractivity contribution in [1.82, 2.24) is 9.55 Å². The summed E-state index contributed by atoms with van der Waals surface area (Å²) in [6, 6.07) is 5.62. The predicted molar refractivity (Wildman–Crippen MR) is 80.9 cm³/mol. The maximum atomic E-state index is 6.21. The summed E-state index contributed by atoms with van der Waals surface area (Å²) in [6.45, 7) is 5.46. The molecule has 1 aromatic heterocycles. The Morgan fingerprint density at radius 2 is 2.25 bits per heavy atom. The summed E-state index contributed by atoms with van der Waals surface area (Å²) in [5, 5.41) is 0.585. The summed E-state index contributed by atoms with van der Waals surface area (Å²) in [7, 11) is 0. The van der Waals surface area contributed by atoms with Crippen LogP contribution in [0.4, 0.5) is 0 Å². The number of hydrogen-bond donors (Lipinski definition) is 1.